The molecule has 6 nitrogen and oxygen atoms in total. The van der Waals surface area contributed by atoms with Gasteiger partial charge >= 0.3 is 0 Å². The topological polar surface area (TPSA) is 92.7 Å². The van der Waals surface area contributed by atoms with Gasteiger partial charge in [-0.2, -0.15) is 0 Å². The zero-order valence-electron chi connectivity index (χ0n) is 15.7. The maximum absolute atomic E-state index is 13.0. The summed E-state index contributed by atoms with van der Waals surface area (Å²) >= 11 is 1.22. The molecule has 3 rings (SSSR count). The highest BCUT2D eigenvalue weighted by Gasteiger charge is 2.38. The standard InChI is InChI=1S/C22H21NO5S/c24-11-12-28-14-17-18(25)13-19(26)20(21(17)29-16-9-5-2-6-10-16)22(27)23-15-7-3-1-4-8-15/h1-10,17,24H,11-14H2,(H,23,27). The Kier molecular flexibility index (Phi) is 7.35. The van der Waals surface area contributed by atoms with E-state index >= 15 is 0 Å². The maximum atomic E-state index is 13.0. The number of aliphatic hydroxyl groups is 1. The molecule has 0 radical (unpaired) electrons. The van der Waals surface area contributed by atoms with Crippen LogP contribution in [0.5, 0.6) is 0 Å². The second kappa shape index (κ2) is 10.2. The SMILES string of the molecule is O=C1CC(=O)C(COCCO)C(Sc2ccccc2)=C1C(=O)Nc1ccccc1. The number of Topliss-reactive ketones (excluding diaryl/α,β-unsaturated/α-hetero) is 2. The van der Waals surface area contributed by atoms with Gasteiger partial charge in [0, 0.05) is 15.5 Å². The first-order valence-corrected chi connectivity index (χ1v) is 9.99. The first-order chi connectivity index (χ1) is 14.1. The lowest BCUT2D eigenvalue weighted by Gasteiger charge is -2.26. The van der Waals surface area contributed by atoms with Crippen LogP contribution in [0.15, 0.2) is 76.0 Å². The number of hydrogen-bond donors (Lipinski definition) is 2. The van der Waals surface area contributed by atoms with Gasteiger partial charge in [0.2, 0.25) is 0 Å². The van der Waals surface area contributed by atoms with Gasteiger partial charge in [0.1, 0.15) is 0 Å². The molecule has 1 amide bonds. The summed E-state index contributed by atoms with van der Waals surface area (Å²) in [5.41, 5.74) is 0.548. The van der Waals surface area contributed by atoms with Gasteiger partial charge in [-0.15, -0.1) is 0 Å². The molecule has 1 aliphatic carbocycles. The van der Waals surface area contributed by atoms with Crippen molar-refractivity contribution < 1.29 is 24.2 Å². The van der Waals surface area contributed by atoms with E-state index in [2.05, 4.69) is 5.32 Å². The molecular weight excluding hydrogens is 390 g/mol. The molecule has 1 aliphatic rings. The number of nitrogens with one attached hydrogen (secondary N) is 1. The van der Waals surface area contributed by atoms with E-state index in [0.717, 1.165) is 4.90 Å². The second-order valence-electron chi connectivity index (χ2n) is 6.39. The van der Waals surface area contributed by atoms with Crippen LogP contribution in [-0.4, -0.2) is 42.4 Å². The highest BCUT2D eigenvalue weighted by Crippen LogP contribution is 2.39. The maximum Gasteiger partial charge on any atom is 0.260 e. The number of hydrogen-bond acceptors (Lipinski definition) is 6. The molecule has 1 unspecified atom stereocenters. The van der Waals surface area contributed by atoms with Gasteiger partial charge in [-0.1, -0.05) is 48.2 Å². The molecule has 150 valence electrons. The van der Waals surface area contributed by atoms with E-state index in [0.29, 0.717) is 10.6 Å². The summed E-state index contributed by atoms with van der Waals surface area (Å²) in [4.78, 5) is 39.4. The molecule has 0 spiro atoms. The third kappa shape index (κ3) is 5.41. The third-order valence-electron chi connectivity index (χ3n) is 4.32. The fraction of sp³-hybridized carbons (Fsp3) is 0.227. The van der Waals surface area contributed by atoms with E-state index in [4.69, 9.17) is 9.84 Å². The van der Waals surface area contributed by atoms with Crippen molar-refractivity contribution in [2.75, 3.05) is 25.1 Å². The molecule has 1 atom stereocenters. The largest absolute Gasteiger partial charge is 0.394 e. The minimum Gasteiger partial charge on any atom is -0.394 e. The van der Waals surface area contributed by atoms with E-state index in [1.807, 2.05) is 36.4 Å². The highest BCUT2D eigenvalue weighted by atomic mass is 32.2. The molecule has 0 saturated heterocycles. The predicted octanol–water partition coefficient (Wildman–Crippen LogP) is 2.84. The average molecular weight is 411 g/mol. The number of para-hydroxylation sites is 1. The molecular formula is C22H21NO5S. The molecule has 0 bridgehead atoms. The highest BCUT2D eigenvalue weighted by molar-refractivity contribution is 8.03. The lowest BCUT2D eigenvalue weighted by atomic mass is 9.88. The Labute approximate surface area is 173 Å². The quantitative estimate of drug-likeness (QED) is 0.394. The van der Waals surface area contributed by atoms with Gasteiger partial charge in [-0.25, -0.2) is 0 Å². The Morgan fingerprint density at radius 2 is 1.72 bits per heavy atom. The van der Waals surface area contributed by atoms with Gasteiger partial charge < -0.3 is 15.2 Å². The number of benzene rings is 2. The van der Waals surface area contributed by atoms with Gasteiger partial charge in [0.15, 0.2) is 11.6 Å². The van der Waals surface area contributed by atoms with E-state index in [-0.39, 0.29) is 37.6 Å². The molecule has 2 aromatic carbocycles. The Bertz CT molecular complexity index is 911. The summed E-state index contributed by atoms with van der Waals surface area (Å²) in [5, 5.41) is 11.7. The van der Waals surface area contributed by atoms with E-state index < -0.39 is 17.6 Å². The summed E-state index contributed by atoms with van der Waals surface area (Å²) in [5.74, 6) is -2.07. The van der Waals surface area contributed by atoms with Crippen LogP contribution in [0.1, 0.15) is 6.42 Å². The minimum absolute atomic E-state index is 0.00393. The summed E-state index contributed by atoms with van der Waals surface area (Å²) < 4.78 is 5.38. The van der Waals surface area contributed by atoms with Gasteiger partial charge in [0.25, 0.3) is 5.91 Å². The fourth-order valence-corrected chi connectivity index (χ4v) is 4.15. The van der Waals surface area contributed by atoms with Crippen molar-refractivity contribution in [1.82, 2.24) is 0 Å². The van der Waals surface area contributed by atoms with E-state index in [1.165, 1.54) is 11.8 Å². The van der Waals surface area contributed by atoms with Gasteiger partial charge in [-0.05, 0) is 24.3 Å². The summed E-state index contributed by atoms with van der Waals surface area (Å²) in [6.07, 6.45) is -0.344. The van der Waals surface area contributed by atoms with Crippen LogP contribution in [0, 0.1) is 5.92 Å². The number of amides is 1. The van der Waals surface area contributed by atoms with E-state index in [1.54, 1.807) is 24.3 Å². The van der Waals surface area contributed by atoms with Crippen LogP contribution >= 0.6 is 11.8 Å². The smallest absolute Gasteiger partial charge is 0.260 e. The zero-order chi connectivity index (χ0) is 20.6. The van der Waals surface area contributed by atoms with Gasteiger partial charge in [0.05, 0.1) is 37.7 Å². The molecule has 0 aromatic heterocycles. The Balaban J connectivity index is 1.98. The molecule has 0 fully saturated rings. The van der Waals surface area contributed by atoms with Crippen LogP contribution < -0.4 is 5.32 Å². The minimum atomic E-state index is -0.735. The number of rotatable bonds is 8. The van der Waals surface area contributed by atoms with Crippen LogP contribution in [0.4, 0.5) is 5.69 Å². The van der Waals surface area contributed by atoms with Crippen molar-refractivity contribution in [3.8, 4) is 0 Å². The van der Waals surface area contributed by atoms with Crippen LogP contribution in [0.25, 0.3) is 0 Å². The van der Waals surface area contributed by atoms with Gasteiger partial charge in [-0.3, -0.25) is 14.4 Å². The van der Waals surface area contributed by atoms with Crippen molar-refractivity contribution in [3.63, 3.8) is 0 Å². The molecule has 0 aliphatic heterocycles. The zero-order valence-corrected chi connectivity index (χ0v) is 16.5. The van der Waals surface area contributed by atoms with E-state index in [9.17, 15) is 14.4 Å². The van der Waals surface area contributed by atoms with Crippen molar-refractivity contribution in [2.45, 2.75) is 11.3 Å². The van der Waals surface area contributed by atoms with Crippen molar-refractivity contribution in [3.05, 3.63) is 71.1 Å². The number of carbonyl (C=O) groups is 3. The monoisotopic (exact) mass is 411 g/mol. The fourth-order valence-electron chi connectivity index (χ4n) is 2.95. The average Bonchev–Trinajstić information content (AvgIpc) is 2.71. The molecule has 7 heteroatoms. The molecule has 0 heterocycles. The Morgan fingerprint density at radius 3 is 2.38 bits per heavy atom. The number of aliphatic hydroxyl groups excluding tert-OH is 1. The number of ether oxygens (including phenoxy) is 1. The Hall–Kier alpha value is -2.74. The van der Waals surface area contributed by atoms with Crippen LogP contribution in [0.3, 0.4) is 0 Å². The molecule has 2 aromatic rings. The number of thioether (sulfide) groups is 1. The van der Waals surface area contributed by atoms with Crippen LogP contribution in [0.2, 0.25) is 0 Å². The van der Waals surface area contributed by atoms with Crippen molar-refractivity contribution in [1.29, 1.82) is 0 Å². The molecule has 29 heavy (non-hydrogen) atoms. The Morgan fingerprint density at radius 1 is 1.07 bits per heavy atom. The van der Waals surface area contributed by atoms with Crippen molar-refractivity contribution in [2.24, 2.45) is 5.92 Å². The number of carbonyl (C=O) groups excluding carboxylic acids is 3. The third-order valence-corrected chi connectivity index (χ3v) is 5.53. The lowest BCUT2D eigenvalue weighted by molar-refractivity contribution is -0.130. The first-order valence-electron chi connectivity index (χ1n) is 9.18. The normalized spacial score (nSPS) is 16.8. The molecule has 0 saturated carbocycles. The van der Waals surface area contributed by atoms with Crippen molar-refractivity contribution >= 4 is 34.9 Å². The lowest BCUT2D eigenvalue weighted by Crippen LogP contribution is -2.35. The molecule has 2 N–H and O–H groups in total. The predicted molar refractivity (Wildman–Crippen MR) is 110 cm³/mol. The van der Waals surface area contributed by atoms with Crippen LogP contribution in [-0.2, 0) is 19.1 Å². The second-order valence-corrected chi connectivity index (χ2v) is 7.51. The summed E-state index contributed by atoms with van der Waals surface area (Å²) in [7, 11) is 0. The first kappa shape index (κ1) is 21.0. The number of anilines is 1. The number of ketones is 2. The summed E-state index contributed by atoms with van der Waals surface area (Å²) in [6.45, 7) is -0.0947. The summed E-state index contributed by atoms with van der Waals surface area (Å²) in [6, 6.07) is 18.1.